The summed E-state index contributed by atoms with van der Waals surface area (Å²) < 4.78 is -1.04. The Morgan fingerprint density at radius 1 is 1.21 bits per heavy atom. The molecule has 1 spiro atoms. The van der Waals surface area contributed by atoms with Gasteiger partial charge in [0.25, 0.3) is 0 Å². The third-order valence-electron chi connectivity index (χ3n) is 8.27. The van der Waals surface area contributed by atoms with Gasteiger partial charge in [0.1, 0.15) is 6.04 Å². The second kappa shape index (κ2) is 8.99. The number of thioether (sulfide) groups is 1. The summed E-state index contributed by atoms with van der Waals surface area (Å²) >= 11 is 1.67. The number of carbonyl (C=O) groups is 3. The summed E-state index contributed by atoms with van der Waals surface area (Å²) in [6.45, 7) is 16.4. The molecule has 34 heavy (non-hydrogen) atoms. The second-order valence-corrected chi connectivity index (χ2v) is 14.7. The summed E-state index contributed by atoms with van der Waals surface area (Å²) in [5.74, 6) is -1.47. The van der Waals surface area contributed by atoms with Gasteiger partial charge in [-0.25, -0.2) is 0 Å². The molecule has 0 aromatic rings. The van der Waals surface area contributed by atoms with E-state index in [0.717, 1.165) is 19.3 Å². The van der Waals surface area contributed by atoms with Gasteiger partial charge in [-0.15, -0.1) is 11.8 Å². The minimum absolute atomic E-state index is 0.0193. The molecule has 194 valence electrons. The lowest BCUT2D eigenvalue weighted by molar-refractivity contribution is -0.144. The lowest BCUT2D eigenvalue weighted by Crippen LogP contribution is -2.61. The molecule has 0 aromatic heterocycles. The Balaban J connectivity index is 2.09. The first-order valence-electron chi connectivity index (χ1n) is 12.7. The molecular formula is C26H45N3O4S. The summed E-state index contributed by atoms with van der Waals surface area (Å²) in [7, 11) is 1.61. The average molecular weight is 496 g/mol. The van der Waals surface area contributed by atoms with E-state index in [-0.39, 0.29) is 40.4 Å². The first kappa shape index (κ1) is 27.3. The Labute approximate surface area is 209 Å². The number of hydrogen-bond donors (Lipinski definition) is 3. The van der Waals surface area contributed by atoms with Crippen LogP contribution in [0.3, 0.4) is 0 Å². The van der Waals surface area contributed by atoms with Crippen LogP contribution >= 0.6 is 11.8 Å². The maximum absolute atomic E-state index is 14.1. The van der Waals surface area contributed by atoms with Crippen LogP contribution in [0.25, 0.3) is 0 Å². The molecule has 3 saturated heterocycles. The number of aliphatic hydroxyl groups is 1. The summed E-state index contributed by atoms with van der Waals surface area (Å²) in [5, 5.41) is 16.4. The van der Waals surface area contributed by atoms with Gasteiger partial charge in [-0.05, 0) is 51.4 Å². The summed E-state index contributed by atoms with van der Waals surface area (Å²) in [6.07, 6.45) is 3.06. The highest BCUT2D eigenvalue weighted by atomic mass is 32.2. The molecule has 3 amide bonds. The second-order valence-electron chi connectivity index (χ2n) is 12.8. The smallest absolute Gasteiger partial charge is 0.244 e. The van der Waals surface area contributed by atoms with Gasteiger partial charge in [0.2, 0.25) is 17.7 Å². The van der Waals surface area contributed by atoms with Crippen LogP contribution in [0.15, 0.2) is 0 Å². The largest absolute Gasteiger partial charge is 0.394 e. The van der Waals surface area contributed by atoms with Crippen molar-refractivity contribution in [2.75, 3.05) is 13.7 Å². The van der Waals surface area contributed by atoms with Crippen molar-refractivity contribution in [1.82, 2.24) is 15.5 Å². The molecule has 3 N–H and O–H groups in total. The normalized spacial score (nSPS) is 34.7. The molecular weight excluding hydrogens is 450 g/mol. The van der Waals surface area contributed by atoms with Crippen LogP contribution in [-0.4, -0.2) is 68.5 Å². The fraction of sp³-hybridized carbons (Fsp3) is 0.885. The van der Waals surface area contributed by atoms with Gasteiger partial charge in [0.15, 0.2) is 0 Å². The standard InChI is InChI=1S/C26H45N3O4S/c1-10-15(2)16(13-30)29-19(21(32)28-24(6,7)14-23(3,4)5)26-12-11-25(8,34-26)17(20(31)27-9)18(26)22(29)33/h15-19,30H,10-14H2,1-9H3,(H,27,31)(H,28,32)/t15-,16-,17-,18-,19?,25+,26?/m0/s1. The number of nitrogens with one attached hydrogen (secondary N) is 2. The number of hydrogen-bond acceptors (Lipinski definition) is 5. The van der Waals surface area contributed by atoms with E-state index in [1.807, 2.05) is 27.7 Å². The minimum atomic E-state index is -0.711. The first-order valence-corrected chi connectivity index (χ1v) is 13.6. The number of nitrogens with zero attached hydrogens (tertiary/aromatic N) is 1. The third kappa shape index (κ3) is 4.38. The molecule has 7 atom stereocenters. The topological polar surface area (TPSA) is 98.7 Å². The molecule has 3 aliphatic rings. The Hall–Kier alpha value is -1.28. The molecule has 0 aliphatic carbocycles. The number of likely N-dealkylation sites (tertiary alicyclic amines) is 1. The maximum atomic E-state index is 14.1. The summed E-state index contributed by atoms with van der Waals surface area (Å²) in [5.41, 5.74) is -0.444. The van der Waals surface area contributed by atoms with Crippen LogP contribution in [0.2, 0.25) is 0 Å². The fourth-order valence-corrected chi connectivity index (χ4v) is 9.51. The Morgan fingerprint density at radius 2 is 1.82 bits per heavy atom. The van der Waals surface area contributed by atoms with Crippen molar-refractivity contribution in [3.63, 3.8) is 0 Å². The molecule has 2 bridgehead atoms. The quantitative estimate of drug-likeness (QED) is 0.481. The summed E-state index contributed by atoms with van der Waals surface area (Å²) in [4.78, 5) is 42.9. The van der Waals surface area contributed by atoms with Gasteiger partial charge in [0, 0.05) is 17.3 Å². The van der Waals surface area contributed by atoms with Crippen LogP contribution in [0.1, 0.15) is 81.1 Å². The predicted octanol–water partition coefficient (Wildman–Crippen LogP) is 2.95. The Kier molecular flexibility index (Phi) is 7.22. The van der Waals surface area contributed by atoms with Crippen LogP contribution < -0.4 is 10.6 Å². The van der Waals surface area contributed by atoms with Crippen LogP contribution in [0.5, 0.6) is 0 Å². The van der Waals surface area contributed by atoms with Crippen LogP contribution in [0, 0.1) is 23.2 Å². The summed E-state index contributed by atoms with van der Waals surface area (Å²) in [6, 6.07) is -1.17. The lowest BCUT2D eigenvalue weighted by Gasteiger charge is -2.41. The zero-order valence-electron chi connectivity index (χ0n) is 22.4. The highest BCUT2D eigenvalue weighted by Crippen LogP contribution is 2.71. The van der Waals surface area contributed by atoms with E-state index in [1.165, 1.54) is 0 Å². The number of fused-ring (bicyclic) bond motifs is 1. The lowest BCUT2D eigenvalue weighted by atomic mass is 9.66. The number of aliphatic hydroxyl groups excluding tert-OH is 1. The highest BCUT2D eigenvalue weighted by Gasteiger charge is 2.77. The van der Waals surface area contributed by atoms with Gasteiger partial charge >= 0.3 is 0 Å². The van der Waals surface area contributed by atoms with E-state index in [1.54, 1.807) is 23.7 Å². The molecule has 0 radical (unpaired) electrons. The van der Waals surface area contributed by atoms with Crippen molar-refractivity contribution in [2.45, 2.75) is 108 Å². The third-order valence-corrected chi connectivity index (χ3v) is 10.3. The van der Waals surface area contributed by atoms with Gasteiger partial charge < -0.3 is 20.6 Å². The molecule has 3 aliphatic heterocycles. The first-order chi connectivity index (χ1) is 15.6. The Morgan fingerprint density at radius 3 is 2.32 bits per heavy atom. The van der Waals surface area contributed by atoms with Crippen molar-refractivity contribution in [1.29, 1.82) is 0 Å². The monoisotopic (exact) mass is 495 g/mol. The van der Waals surface area contributed by atoms with Crippen molar-refractivity contribution in [3.05, 3.63) is 0 Å². The zero-order valence-corrected chi connectivity index (χ0v) is 23.3. The molecule has 8 heteroatoms. The Bertz CT molecular complexity index is 840. The van der Waals surface area contributed by atoms with E-state index < -0.39 is 34.2 Å². The fourth-order valence-electron chi connectivity index (χ4n) is 7.16. The van der Waals surface area contributed by atoms with Crippen molar-refractivity contribution in [3.8, 4) is 0 Å². The number of rotatable bonds is 8. The maximum Gasteiger partial charge on any atom is 0.244 e. The van der Waals surface area contributed by atoms with Gasteiger partial charge in [-0.2, -0.15) is 0 Å². The molecule has 0 aromatic carbocycles. The molecule has 3 fully saturated rings. The predicted molar refractivity (Wildman–Crippen MR) is 136 cm³/mol. The van der Waals surface area contributed by atoms with Crippen LogP contribution in [0.4, 0.5) is 0 Å². The zero-order chi connectivity index (χ0) is 25.9. The number of amides is 3. The van der Waals surface area contributed by atoms with Gasteiger partial charge in [0.05, 0.1) is 29.2 Å². The van der Waals surface area contributed by atoms with Crippen LogP contribution in [-0.2, 0) is 14.4 Å². The average Bonchev–Trinajstić information content (AvgIpc) is 3.27. The van der Waals surface area contributed by atoms with E-state index in [0.29, 0.717) is 6.42 Å². The SMILES string of the molecule is CC[C@H](C)[C@H](CO)N1C(=O)[C@@H]2[C@@H](C(=O)NC)[C@@]3(C)CCC2(S3)C1C(=O)NC(C)(C)CC(C)(C)C. The molecule has 3 heterocycles. The van der Waals surface area contributed by atoms with Crippen molar-refractivity contribution >= 4 is 29.5 Å². The highest BCUT2D eigenvalue weighted by molar-refractivity contribution is 8.02. The molecule has 0 saturated carbocycles. The van der Waals surface area contributed by atoms with E-state index in [4.69, 9.17) is 0 Å². The van der Waals surface area contributed by atoms with E-state index in [2.05, 4.69) is 38.3 Å². The molecule has 2 unspecified atom stereocenters. The van der Waals surface area contributed by atoms with E-state index >= 15 is 0 Å². The van der Waals surface area contributed by atoms with Gasteiger partial charge in [-0.1, -0.05) is 41.0 Å². The van der Waals surface area contributed by atoms with Crippen molar-refractivity contribution < 1.29 is 19.5 Å². The molecule has 3 rings (SSSR count). The van der Waals surface area contributed by atoms with Gasteiger partial charge in [-0.3, -0.25) is 14.4 Å². The molecule has 7 nitrogen and oxygen atoms in total. The minimum Gasteiger partial charge on any atom is -0.394 e. The van der Waals surface area contributed by atoms with Crippen molar-refractivity contribution in [2.24, 2.45) is 23.2 Å². The van der Waals surface area contributed by atoms with E-state index in [9.17, 15) is 19.5 Å². The number of carbonyl (C=O) groups excluding carboxylic acids is 3.